The average molecular weight is 387 g/mol. The maximum atomic E-state index is 12.8. The number of nitrogens with zero attached hydrogens (tertiary/aromatic N) is 1. The molecule has 0 saturated heterocycles. The Kier molecular flexibility index (Phi) is 7.68. The van der Waals surface area contributed by atoms with Gasteiger partial charge in [0.05, 0.1) is 13.2 Å². The molecular formula is C21H25NO6. The SMILES string of the molecule is CCOc1ccccc1CN(C)C(=O)c1ccc(OCC(=O)O)c(OCC)c1. The molecule has 0 aliphatic heterocycles. The Morgan fingerprint density at radius 1 is 0.929 bits per heavy atom. The van der Waals surface area contributed by atoms with Crippen molar-refractivity contribution in [2.45, 2.75) is 20.4 Å². The average Bonchev–Trinajstić information content (AvgIpc) is 2.68. The molecule has 0 fully saturated rings. The van der Waals surface area contributed by atoms with Gasteiger partial charge in [0.15, 0.2) is 18.1 Å². The lowest BCUT2D eigenvalue weighted by Crippen LogP contribution is -2.26. The summed E-state index contributed by atoms with van der Waals surface area (Å²) in [6.07, 6.45) is 0. The van der Waals surface area contributed by atoms with E-state index in [9.17, 15) is 9.59 Å². The summed E-state index contributed by atoms with van der Waals surface area (Å²) < 4.78 is 16.3. The van der Waals surface area contributed by atoms with E-state index in [2.05, 4.69) is 0 Å². The molecule has 0 aliphatic rings. The molecule has 150 valence electrons. The molecule has 7 heteroatoms. The molecule has 0 heterocycles. The lowest BCUT2D eigenvalue weighted by atomic mass is 10.1. The van der Waals surface area contributed by atoms with E-state index >= 15 is 0 Å². The number of carbonyl (C=O) groups excluding carboxylic acids is 1. The third-order valence-electron chi connectivity index (χ3n) is 3.87. The molecule has 28 heavy (non-hydrogen) atoms. The minimum atomic E-state index is -1.09. The van der Waals surface area contributed by atoms with Crippen molar-refractivity contribution in [2.75, 3.05) is 26.9 Å². The van der Waals surface area contributed by atoms with Crippen LogP contribution >= 0.6 is 0 Å². The summed E-state index contributed by atoms with van der Waals surface area (Å²) in [6, 6.07) is 12.3. The Labute approximate surface area is 164 Å². The summed E-state index contributed by atoms with van der Waals surface area (Å²) in [7, 11) is 1.71. The standard InChI is InChI=1S/C21H25NO6/c1-4-26-17-9-7-6-8-16(17)13-22(3)21(25)15-10-11-18(28-14-20(23)24)19(12-15)27-5-2/h6-12H,4-5,13-14H2,1-3H3,(H,23,24). The van der Waals surface area contributed by atoms with Gasteiger partial charge in [-0.2, -0.15) is 0 Å². The molecule has 0 aliphatic carbocycles. The number of carboxylic acid groups (broad SMARTS) is 1. The van der Waals surface area contributed by atoms with Gasteiger partial charge in [-0.25, -0.2) is 4.79 Å². The van der Waals surface area contributed by atoms with E-state index in [1.165, 1.54) is 0 Å². The van der Waals surface area contributed by atoms with Gasteiger partial charge < -0.3 is 24.2 Å². The Morgan fingerprint density at radius 2 is 1.61 bits per heavy atom. The molecule has 0 saturated carbocycles. The lowest BCUT2D eigenvalue weighted by molar-refractivity contribution is -0.139. The van der Waals surface area contributed by atoms with E-state index in [1.807, 2.05) is 31.2 Å². The van der Waals surface area contributed by atoms with Gasteiger partial charge in [0.2, 0.25) is 0 Å². The molecule has 2 aromatic carbocycles. The van der Waals surface area contributed by atoms with Gasteiger partial charge in [0.25, 0.3) is 5.91 Å². The second-order valence-corrected chi connectivity index (χ2v) is 5.98. The van der Waals surface area contributed by atoms with E-state index < -0.39 is 12.6 Å². The second kappa shape index (κ2) is 10.2. The van der Waals surface area contributed by atoms with Crippen molar-refractivity contribution in [1.29, 1.82) is 0 Å². The van der Waals surface area contributed by atoms with Crippen LogP contribution in [0.15, 0.2) is 42.5 Å². The van der Waals surface area contributed by atoms with Crippen molar-refractivity contribution in [3.8, 4) is 17.2 Å². The number of rotatable bonds is 10. The zero-order valence-electron chi connectivity index (χ0n) is 16.3. The van der Waals surface area contributed by atoms with Gasteiger partial charge in [0.1, 0.15) is 5.75 Å². The minimum Gasteiger partial charge on any atom is -0.494 e. The highest BCUT2D eigenvalue weighted by Crippen LogP contribution is 2.29. The van der Waals surface area contributed by atoms with Crippen molar-refractivity contribution in [2.24, 2.45) is 0 Å². The van der Waals surface area contributed by atoms with Gasteiger partial charge in [-0.1, -0.05) is 18.2 Å². The fraction of sp³-hybridized carbons (Fsp3) is 0.333. The van der Waals surface area contributed by atoms with Crippen molar-refractivity contribution in [3.63, 3.8) is 0 Å². The number of amides is 1. The molecule has 1 amide bonds. The number of para-hydroxylation sites is 1. The maximum absolute atomic E-state index is 12.8. The number of ether oxygens (including phenoxy) is 3. The predicted octanol–water partition coefficient (Wildman–Crippen LogP) is 3.22. The Morgan fingerprint density at radius 3 is 2.29 bits per heavy atom. The van der Waals surface area contributed by atoms with Crippen LogP contribution in [0, 0.1) is 0 Å². The first kappa shape index (κ1) is 21.1. The van der Waals surface area contributed by atoms with Crippen LogP contribution in [0.25, 0.3) is 0 Å². The number of aliphatic carboxylic acids is 1. The predicted molar refractivity (Wildman–Crippen MR) is 104 cm³/mol. The molecule has 7 nitrogen and oxygen atoms in total. The lowest BCUT2D eigenvalue weighted by Gasteiger charge is -2.20. The van der Waals surface area contributed by atoms with Crippen LogP contribution in [-0.2, 0) is 11.3 Å². The first-order valence-corrected chi connectivity index (χ1v) is 9.03. The highest BCUT2D eigenvalue weighted by molar-refractivity contribution is 5.94. The van der Waals surface area contributed by atoms with Crippen LogP contribution in [0.3, 0.4) is 0 Å². The minimum absolute atomic E-state index is 0.197. The maximum Gasteiger partial charge on any atom is 0.341 e. The first-order chi connectivity index (χ1) is 13.5. The fourth-order valence-electron chi connectivity index (χ4n) is 2.65. The normalized spacial score (nSPS) is 10.2. The topological polar surface area (TPSA) is 85.3 Å². The van der Waals surface area contributed by atoms with Crippen molar-refractivity contribution in [1.82, 2.24) is 4.90 Å². The van der Waals surface area contributed by atoms with Gasteiger partial charge in [-0.3, -0.25) is 4.79 Å². The van der Waals surface area contributed by atoms with Gasteiger partial charge in [0, 0.05) is 24.7 Å². The summed E-state index contributed by atoms with van der Waals surface area (Å²) in [5.41, 5.74) is 1.33. The molecule has 0 unspecified atom stereocenters. The molecule has 2 rings (SSSR count). The van der Waals surface area contributed by atoms with Crippen LogP contribution < -0.4 is 14.2 Å². The number of carboxylic acids is 1. The third-order valence-corrected chi connectivity index (χ3v) is 3.87. The largest absolute Gasteiger partial charge is 0.494 e. The van der Waals surface area contributed by atoms with Crippen molar-refractivity contribution < 1.29 is 28.9 Å². The summed E-state index contributed by atoms with van der Waals surface area (Å²) >= 11 is 0. The van der Waals surface area contributed by atoms with Gasteiger partial charge in [-0.15, -0.1) is 0 Å². The van der Waals surface area contributed by atoms with Crippen LogP contribution in [0.5, 0.6) is 17.2 Å². The van der Waals surface area contributed by atoms with E-state index in [0.29, 0.717) is 31.1 Å². The van der Waals surface area contributed by atoms with Crippen LogP contribution in [0.2, 0.25) is 0 Å². The highest BCUT2D eigenvalue weighted by atomic mass is 16.5. The smallest absolute Gasteiger partial charge is 0.341 e. The van der Waals surface area contributed by atoms with E-state index in [1.54, 1.807) is 37.1 Å². The Hall–Kier alpha value is -3.22. The Bertz CT molecular complexity index is 820. The molecular weight excluding hydrogens is 362 g/mol. The molecule has 2 aromatic rings. The fourth-order valence-corrected chi connectivity index (χ4v) is 2.65. The molecule has 1 N–H and O–H groups in total. The first-order valence-electron chi connectivity index (χ1n) is 9.03. The number of hydrogen-bond acceptors (Lipinski definition) is 5. The molecule has 0 bridgehead atoms. The van der Waals surface area contributed by atoms with Crippen molar-refractivity contribution in [3.05, 3.63) is 53.6 Å². The van der Waals surface area contributed by atoms with Crippen LogP contribution in [-0.4, -0.2) is 48.8 Å². The summed E-state index contributed by atoms with van der Waals surface area (Å²) in [5, 5.41) is 8.78. The number of benzene rings is 2. The summed E-state index contributed by atoms with van der Waals surface area (Å²) in [4.78, 5) is 25.1. The van der Waals surface area contributed by atoms with E-state index in [-0.39, 0.29) is 11.7 Å². The van der Waals surface area contributed by atoms with Gasteiger partial charge >= 0.3 is 5.97 Å². The zero-order chi connectivity index (χ0) is 20.5. The van der Waals surface area contributed by atoms with Crippen LogP contribution in [0.4, 0.5) is 0 Å². The molecule has 0 spiro atoms. The number of carbonyl (C=O) groups is 2. The van der Waals surface area contributed by atoms with E-state index in [0.717, 1.165) is 11.3 Å². The summed E-state index contributed by atoms with van der Waals surface area (Å²) in [5.74, 6) is 0.0762. The van der Waals surface area contributed by atoms with Crippen LogP contribution in [0.1, 0.15) is 29.8 Å². The van der Waals surface area contributed by atoms with E-state index in [4.69, 9.17) is 19.3 Å². The molecule has 0 atom stereocenters. The molecule has 0 aromatic heterocycles. The summed E-state index contributed by atoms with van der Waals surface area (Å²) in [6.45, 7) is 4.52. The quantitative estimate of drug-likeness (QED) is 0.674. The third kappa shape index (κ3) is 5.64. The zero-order valence-corrected chi connectivity index (χ0v) is 16.3. The van der Waals surface area contributed by atoms with Gasteiger partial charge in [-0.05, 0) is 38.1 Å². The van der Waals surface area contributed by atoms with Crippen molar-refractivity contribution >= 4 is 11.9 Å². The number of hydrogen-bond donors (Lipinski definition) is 1. The molecule has 0 radical (unpaired) electrons. The highest BCUT2D eigenvalue weighted by Gasteiger charge is 2.17. The Balaban J connectivity index is 2.18. The second-order valence-electron chi connectivity index (χ2n) is 5.98. The monoisotopic (exact) mass is 387 g/mol.